The van der Waals surface area contributed by atoms with Crippen LogP contribution in [0.5, 0.6) is 0 Å². The second-order valence-electron chi connectivity index (χ2n) is 5.51. The van der Waals surface area contributed by atoms with Gasteiger partial charge in [0.25, 0.3) is 0 Å². The van der Waals surface area contributed by atoms with E-state index >= 15 is 0 Å². The molecule has 1 saturated heterocycles. The monoisotopic (exact) mass is 309 g/mol. The Morgan fingerprint density at radius 3 is 2.86 bits per heavy atom. The zero-order chi connectivity index (χ0) is 16.1. The van der Waals surface area contributed by atoms with Gasteiger partial charge < -0.3 is 9.64 Å². The van der Waals surface area contributed by atoms with Crippen molar-refractivity contribution in [2.75, 3.05) is 33.8 Å². The lowest BCUT2D eigenvalue weighted by Gasteiger charge is -2.23. The third kappa shape index (κ3) is 3.62. The largest absolute Gasteiger partial charge is 0.461 e. The summed E-state index contributed by atoms with van der Waals surface area (Å²) in [4.78, 5) is 27.4. The van der Waals surface area contributed by atoms with Gasteiger partial charge in [-0.1, -0.05) is 0 Å². The lowest BCUT2D eigenvalue weighted by atomic mass is 10.1. The van der Waals surface area contributed by atoms with E-state index in [4.69, 9.17) is 4.74 Å². The van der Waals surface area contributed by atoms with Crippen LogP contribution >= 0.6 is 0 Å². The van der Waals surface area contributed by atoms with Crippen LogP contribution in [0.15, 0.2) is 0 Å². The Morgan fingerprint density at radius 2 is 2.18 bits per heavy atom. The normalized spacial score (nSPS) is 18.4. The van der Waals surface area contributed by atoms with Crippen molar-refractivity contribution in [2.24, 2.45) is 0 Å². The molecule has 1 atom stereocenters. The fourth-order valence-electron chi connectivity index (χ4n) is 2.69. The summed E-state index contributed by atoms with van der Waals surface area (Å²) in [7, 11) is 3.50. The van der Waals surface area contributed by atoms with Crippen LogP contribution < -0.4 is 0 Å². The van der Waals surface area contributed by atoms with Crippen LogP contribution in [-0.4, -0.2) is 70.9 Å². The van der Waals surface area contributed by atoms with E-state index in [1.165, 1.54) is 0 Å². The van der Waals surface area contributed by atoms with E-state index in [2.05, 4.69) is 20.3 Å². The molecule has 2 rings (SSSR count). The second-order valence-corrected chi connectivity index (χ2v) is 5.51. The molecule has 1 aliphatic heterocycles. The lowest BCUT2D eigenvalue weighted by Crippen LogP contribution is -2.31. The molecule has 0 spiro atoms. The molecule has 122 valence electrons. The van der Waals surface area contributed by atoms with Crippen molar-refractivity contribution in [1.29, 1.82) is 0 Å². The van der Waals surface area contributed by atoms with Gasteiger partial charge in [-0.3, -0.25) is 9.69 Å². The van der Waals surface area contributed by atoms with E-state index < -0.39 is 5.97 Å². The molecule has 22 heavy (non-hydrogen) atoms. The Bertz CT molecular complexity index is 528. The van der Waals surface area contributed by atoms with Crippen molar-refractivity contribution < 1.29 is 14.3 Å². The smallest absolute Gasteiger partial charge is 0.360 e. The highest BCUT2D eigenvalue weighted by Gasteiger charge is 2.32. The molecule has 8 heteroatoms. The standard InChI is InChI=1S/C14H23N5O3/c1-4-22-14(21)13-12(15-17-16-13)10-6-5-8-19(10)9-7-11(20)18(2)3/h10H,4-9H2,1-3H3,(H,15,16,17). The number of nitrogens with one attached hydrogen (secondary N) is 1. The van der Waals surface area contributed by atoms with Gasteiger partial charge in [-0.15, -0.1) is 5.10 Å². The topological polar surface area (TPSA) is 91.4 Å². The van der Waals surface area contributed by atoms with Crippen LogP contribution in [0.3, 0.4) is 0 Å². The maximum atomic E-state index is 11.9. The van der Waals surface area contributed by atoms with Crippen LogP contribution in [0, 0.1) is 0 Å². The van der Waals surface area contributed by atoms with Gasteiger partial charge in [0.2, 0.25) is 5.91 Å². The molecule has 0 radical (unpaired) electrons. The average molecular weight is 309 g/mol. The van der Waals surface area contributed by atoms with Gasteiger partial charge in [-0.2, -0.15) is 10.3 Å². The van der Waals surface area contributed by atoms with E-state index in [1.54, 1.807) is 25.9 Å². The number of nitrogens with zero attached hydrogens (tertiary/aromatic N) is 4. The highest BCUT2D eigenvalue weighted by Crippen LogP contribution is 2.32. The van der Waals surface area contributed by atoms with E-state index in [0.717, 1.165) is 19.4 Å². The molecule has 2 heterocycles. The number of carbonyl (C=O) groups is 2. The third-order valence-electron chi connectivity index (χ3n) is 3.83. The molecular weight excluding hydrogens is 286 g/mol. The number of esters is 1. The van der Waals surface area contributed by atoms with Crippen molar-refractivity contribution in [3.05, 3.63) is 11.4 Å². The number of H-pyrrole nitrogens is 1. The van der Waals surface area contributed by atoms with Gasteiger partial charge in [0, 0.05) is 27.1 Å². The SMILES string of the molecule is CCOC(=O)c1n[nH]nc1C1CCCN1CCC(=O)N(C)C. The van der Waals surface area contributed by atoms with Crippen molar-refractivity contribution >= 4 is 11.9 Å². The zero-order valence-corrected chi connectivity index (χ0v) is 13.3. The summed E-state index contributed by atoms with van der Waals surface area (Å²) in [5.74, 6) is -0.362. The minimum Gasteiger partial charge on any atom is -0.461 e. The predicted molar refractivity (Wildman–Crippen MR) is 79.2 cm³/mol. The molecule has 1 aliphatic rings. The Kier molecular flexibility index (Phi) is 5.48. The van der Waals surface area contributed by atoms with E-state index in [9.17, 15) is 9.59 Å². The number of ether oxygens (including phenoxy) is 1. The number of hydrogen-bond donors (Lipinski definition) is 1. The fraction of sp³-hybridized carbons (Fsp3) is 0.714. The zero-order valence-electron chi connectivity index (χ0n) is 13.3. The Hall–Kier alpha value is -1.96. The summed E-state index contributed by atoms with van der Waals surface area (Å²) in [6.45, 7) is 3.60. The quantitative estimate of drug-likeness (QED) is 0.774. The average Bonchev–Trinajstić information content (AvgIpc) is 3.12. The molecular formula is C14H23N5O3. The van der Waals surface area contributed by atoms with Crippen LogP contribution in [0.25, 0.3) is 0 Å². The molecule has 8 nitrogen and oxygen atoms in total. The van der Waals surface area contributed by atoms with Crippen molar-refractivity contribution in [2.45, 2.75) is 32.2 Å². The number of carbonyl (C=O) groups excluding carboxylic acids is 2. The molecule has 1 aromatic heterocycles. The summed E-state index contributed by atoms with van der Waals surface area (Å²) < 4.78 is 5.01. The van der Waals surface area contributed by atoms with Gasteiger partial charge in [0.05, 0.1) is 12.6 Å². The van der Waals surface area contributed by atoms with Crippen LogP contribution in [-0.2, 0) is 9.53 Å². The molecule has 1 aromatic rings. The molecule has 0 aromatic carbocycles. The number of hydrogen-bond acceptors (Lipinski definition) is 6. The highest BCUT2D eigenvalue weighted by atomic mass is 16.5. The fourth-order valence-corrected chi connectivity index (χ4v) is 2.69. The number of aromatic nitrogens is 3. The first-order valence-corrected chi connectivity index (χ1v) is 7.56. The molecule has 1 unspecified atom stereocenters. The van der Waals surface area contributed by atoms with E-state index in [0.29, 0.717) is 25.3 Å². The second kappa shape index (κ2) is 7.35. The summed E-state index contributed by atoms with van der Waals surface area (Å²) in [5.41, 5.74) is 0.867. The van der Waals surface area contributed by atoms with Gasteiger partial charge in [0.15, 0.2) is 5.69 Å². The summed E-state index contributed by atoms with van der Waals surface area (Å²) in [6, 6.07) is 0.00752. The molecule has 0 saturated carbocycles. The summed E-state index contributed by atoms with van der Waals surface area (Å²) in [6.07, 6.45) is 2.36. The van der Waals surface area contributed by atoms with Gasteiger partial charge in [0.1, 0.15) is 5.69 Å². The Morgan fingerprint density at radius 1 is 1.41 bits per heavy atom. The first kappa shape index (κ1) is 16.4. The molecule has 0 bridgehead atoms. The predicted octanol–water partition coefficient (Wildman–Crippen LogP) is 0.597. The minimum atomic E-state index is -0.456. The van der Waals surface area contributed by atoms with E-state index in [1.807, 2.05) is 0 Å². The number of amides is 1. The van der Waals surface area contributed by atoms with Gasteiger partial charge in [-0.05, 0) is 26.3 Å². The maximum absolute atomic E-state index is 11.9. The molecule has 1 N–H and O–H groups in total. The number of aromatic amines is 1. The third-order valence-corrected chi connectivity index (χ3v) is 3.83. The first-order chi connectivity index (χ1) is 10.5. The maximum Gasteiger partial charge on any atom is 0.360 e. The first-order valence-electron chi connectivity index (χ1n) is 7.56. The Balaban J connectivity index is 2.06. The molecule has 0 aliphatic carbocycles. The number of rotatable bonds is 6. The van der Waals surface area contributed by atoms with Crippen LogP contribution in [0.1, 0.15) is 48.4 Å². The van der Waals surface area contributed by atoms with Crippen LogP contribution in [0.2, 0.25) is 0 Å². The van der Waals surface area contributed by atoms with Crippen molar-refractivity contribution in [3.8, 4) is 0 Å². The molecule has 1 amide bonds. The Labute approximate surface area is 129 Å². The summed E-state index contributed by atoms with van der Waals surface area (Å²) >= 11 is 0. The minimum absolute atomic E-state index is 0.00752. The highest BCUT2D eigenvalue weighted by molar-refractivity contribution is 5.88. The van der Waals surface area contributed by atoms with Gasteiger partial charge in [-0.25, -0.2) is 4.79 Å². The van der Waals surface area contributed by atoms with Crippen molar-refractivity contribution in [1.82, 2.24) is 25.2 Å². The lowest BCUT2D eigenvalue weighted by molar-refractivity contribution is -0.129. The van der Waals surface area contributed by atoms with Crippen LogP contribution in [0.4, 0.5) is 0 Å². The molecule has 1 fully saturated rings. The number of likely N-dealkylation sites (tertiary alicyclic amines) is 1. The summed E-state index contributed by atoms with van der Waals surface area (Å²) in [5, 5.41) is 10.6. The van der Waals surface area contributed by atoms with Crippen molar-refractivity contribution in [3.63, 3.8) is 0 Å². The van der Waals surface area contributed by atoms with Gasteiger partial charge >= 0.3 is 5.97 Å². The van der Waals surface area contributed by atoms with E-state index in [-0.39, 0.29) is 17.6 Å².